The molecule has 186 valence electrons. The molecule has 0 bridgehead atoms. The Kier molecular flexibility index (Phi) is 8.32. The monoisotopic (exact) mass is 553 g/mol. The molecule has 0 unspecified atom stereocenters. The Morgan fingerprint density at radius 3 is 2.58 bits per heavy atom. The molecule has 1 N–H and O–H groups in total. The lowest BCUT2D eigenvalue weighted by molar-refractivity contribution is -0.126. The van der Waals surface area contributed by atoms with E-state index < -0.39 is 5.92 Å². The summed E-state index contributed by atoms with van der Waals surface area (Å²) in [6, 6.07) is 18.8. The zero-order valence-corrected chi connectivity index (χ0v) is 21.2. The standard InChI is InChI=1S/C27H25BrFN3O4/c1-2-35-25-13-19(5-12-24(25)36-17-18-3-8-22(29)9-4-18)15-30-31-27(34)20-14-26(33)32(16-20)23-10-6-21(28)7-11-23/h3-13,15,20H,2,14,16-17H2,1H3,(H,31,34)/b30-15-/t20-/m1/s1. The number of nitrogens with one attached hydrogen (secondary N) is 1. The Balaban J connectivity index is 1.35. The second-order valence-electron chi connectivity index (χ2n) is 8.17. The Labute approximate surface area is 217 Å². The molecule has 0 aliphatic carbocycles. The average molecular weight is 554 g/mol. The fourth-order valence-electron chi connectivity index (χ4n) is 3.75. The zero-order valence-electron chi connectivity index (χ0n) is 19.6. The fourth-order valence-corrected chi connectivity index (χ4v) is 4.01. The summed E-state index contributed by atoms with van der Waals surface area (Å²) in [5.74, 6) is -0.130. The summed E-state index contributed by atoms with van der Waals surface area (Å²) in [7, 11) is 0. The van der Waals surface area contributed by atoms with Crippen molar-refractivity contribution in [3.63, 3.8) is 0 Å². The van der Waals surface area contributed by atoms with Crippen LogP contribution in [0.3, 0.4) is 0 Å². The number of halogens is 2. The van der Waals surface area contributed by atoms with Gasteiger partial charge in [0.1, 0.15) is 12.4 Å². The number of hydrogen-bond donors (Lipinski definition) is 1. The molecule has 0 saturated carbocycles. The van der Waals surface area contributed by atoms with Crippen molar-refractivity contribution in [2.75, 3.05) is 18.1 Å². The summed E-state index contributed by atoms with van der Waals surface area (Å²) in [4.78, 5) is 26.6. The van der Waals surface area contributed by atoms with Gasteiger partial charge in [0.2, 0.25) is 11.8 Å². The molecule has 0 aromatic heterocycles. The SMILES string of the molecule is CCOc1cc(/C=N\NC(=O)[C@@H]2CC(=O)N(c3ccc(Br)cc3)C2)ccc1OCc1ccc(F)cc1. The molecule has 0 radical (unpaired) electrons. The number of hydrogen-bond acceptors (Lipinski definition) is 5. The van der Waals surface area contributed by atoms with Gasteiger partial charge in [-0.05, 0) is 72.6 Å². The van der Waals surface area contributed by atoms with E-state index in [1.165, 1.54) is 18.3 Å². The smallest absolute Gasteiger partial charge is 0.245 e. The van der Waals surface area contributed by atoms with Crippen molar-refractivity contribution in [2.45, 2.75) is 20.0 Å². The van der Waals surface area contributed by atoms with Crippen LogP contribution in [0.2, 0.25) is 0 Å². The third kappa shape index (κ3) is 6.48. The summed E-state index contributed by atoms with van der Waals surface area (Å²) >= 11 is 3.38. The van der Waals surface area contributed by atoms with E-state index in [0.717, 1.165) is 15.7 Å². The number of carbonyl (C=O) groups is 2. The molecule has 1 heterocycles. The average Bonchev–Trinajstić information content (AvgIpc) is 3.27. The Hall–Kier alpha value is -3.72. The minimum Gasteiger partial charge on any atom is -0.490 e. The van der Waals surface area contributed by atoms with Crippen LogP contribution in [0.5, 0.6) is 11.5 Å². The van der Waals surface area contributed by atoms with Gasteiger partial charge in [-0.15, -0.1) is 0 Å². The predicted octanol–water partition coefficient (Wildman–Crippen LogP) is 5.07. The van der Waals surface area contributed by atoms with E-state index >= 15 is 0 Å². The quantitative estimate of drug-likeness (QED) is 0.296. The first-order valence-electron chi connectivity index (χ1n) is 11.5. The van der Waals surface area contributed by atoms with Crippen molar-refractivity contribution >= 4 is 39.6 Å². The van der Waals surface area contributed by atoms with Crippen LogP contribution < -0.4 is 19.8 Å². The molecule has 4 rings (SSSR count). The lowest BCUT2D eigenvalue weighted by Gasteiger charge is -2.16. The number of anilines is 1. The highest BCUT2D eigenvalue weighted by atomic mass is 79.9. The fraction of sp³-hybridized carbons (Fsp3) is 0.222. The van der Waals surface area contributed by atoms with Crippen LogP contribution in [-0.2, 0) is 16.2 Å². The first kappa shape index (κ1) is 25.4. The van der Waals surface area contributed by atoms with E-state index in [-0.39, 0.29) is 30.7 Å². The van der Waals surface area contributed by atoms with E-state index in [2.05, 4.69) is 26.5 Å². The molecular weight excluding hydrogens is 529 g/mol. The van der Waals surface area contributed by atoms with Crippen molar-refractivity contribution in [1.29, 1.82) is 0 Å². The summed E-state index contributed by atoms with van der Waals surface area (Å²) in [6.45, 7) is 2.87. The predicted molar refractivity (Wildman–Crippen MR) is 139 cm³/mol. The topological polar surface area (TPSA) is 80.2 Å². The number of nitrogens with zero attached hydrogens (tertiary/aromatic N) is 2. The van der Waals surface area contributed by atoms with E-state index in [9.17, 15) is 14.0 Å². The molecule has 1 saturated heterocycles. The van der Waals surface area contributed by atoms with Gasteiger partial charge < -0.3 is 14.4 Å². The van der Waals surface area contributed by atoms with Gasteiger partial charge in [-0.1, -0.05) is 28.1 Å². The van der Waals surface area contributed by atoms with Gasteiger partial charge >= 0.3 is 0 Å². The largest absolute Gasteiger partial charge is 0.490 e. The Morgan fingerprint density at radius 2 is 1.86 bits per heavy atom. The van der Waals surface area contributed by atoms with Gasteiger partial charge in [-0.25, -0.2) is 9.82 Å². The number of carbonyl (C=O) groups excluding carboxylic acids is 2. The molecule has 1 atom stereocenters. The van der Waals surface area contributed by atoms with Crippen molar-refractivity contribution in [2.24, 2.45) is 11.0 Å². The minimum atomic E-state index is -0.487. The minimum absolute atomic E-state index is 0.0981. The number of benzene rings is 3. The first-order valence-corrected chi connectivity index (χ1v) is 12.2. The Bertz CT molecular complexity index is 1250. The highest BCUT2D eigenvalue weighted by Crippen LogP contribution is 2.29. The molecule has 1 aliphatic heterocycles. The number of hydrazone groups is 1. The van der Waals surface area contributed by atoms with Crippen LogP contribution in [0.1, 0.15) is 24.5 Å². The molecule has 0 spiro atoms. The summed E-state index contributed by atoms with van der Waals surface area (Å²) in [6.07, 6.45) is 1.64. The van der Waals surface area contributed by atoms with Gasteiger partial charge in [0, 0.05) is 23.1 Å². The van der Waals surface area contributed by atoms with Gasteiger partial charge in [0.15, 0.2) is 11.5 Å². The maximum absolute atomic E-state index is 13.1. The first-order chi connectivity index (χ1) is 17.4. The van der Waals surface area contributed by atoms with Crippen LogP contribution >= 0.6 is 15.9 Å². The number of amides is 2. The molecular formula is C27H25BrFN3O4. The third-order valence-electron chi connectivity index (χ3n) is 5.60. The normalized spacial score (nSPS) is 15.4. The maximum atomic E-state index is 13.1. The number of rotatable bonds is 9. The van der Waals surface area contributed by atoms with Crippen molar-refractivity contribution in [3.05, 3.63) is 88.1 Å². The van der Waals surface area contributed by atoms with Crippen molar-refractivity contribution in [3.8, 4) is 11.5 Å². The molecule has 36 heavy (non-hydrogen) atoms. The number of ether oxygens (including phenoxy) is 2. The van der Waals surface area contributed by atoms with Crippen LogP contribution in [0.15, 0.2) is 76.3 Å². The van der Waals surface area contributed by atoms with Crippen LogP contribution in [-0.4, -0.2) is 31.2 Å². The van der Waals surface area contributed by atoms with Crippen LogP contribution in [0.4, 0.5) is 10.1 Å². The van der Waals surface area contributed by atoms with E-state index in [1.807, 2.05) is 31.2 Å². The van der Waals surface area contributed by atoms with Gasteiger partial charge in [0.05, 0.1) is 18.7 Å². The maximum Gasteiger partial charge on any atom is 0.245 e. The molecule has 1 fully saturated rings. The molecule has 3 aromatic rings. The molecule has 7 nitrogen and oxygen atoms in total. The molecule has 1 aliphatic rings. The summed E-state index contributed by atoms with van der Waals surface area (Å²) in [5.41, 5.74) is 4.82. The third-order valence-corrected chi connectivity index (χ3v) is 6.13. The Morgan fingerprint density at radius 1 is 1.11 bits per heavy atom. The second-order valence-corrected chi connectivity index (χ2v) is 9.09. The van der Waals surface area contributed by atoms with E-state index in [0.29, 0.717) is 30.2 Å². The summed E-state index contributed by atoms with van der Waals surface area (Å²) < 4.78 is 25.5. The lowest BCUT2D eigenvalue weighted by Crippen LogP contribution is -2.30. The lowest BCUT2D eigenvalue weighted by atomic mass is 10.1. The highest BCUT2D eigenvalue weighted by Gasteiger charge is 2.35. The zero-order chi connectivity index (χ0) is 25.5. The molecule has 2 amide bonds. The molecule has 3 aromatic carbocycles. The van der Waals surface area contributed by atoms with Gasteiger partial charge in [-0.3, -0.25) is 9.59 Å². The van der Waals surface area contributed by atoms with Gasteiger partial charge in [0.25, 0.3) is 0 Å². The van der Waals surface area contributed by atoms with Gasteiger partial charge in [-0.2, -0.15) is 5.10 Å². The highest BCUT2D eigenvalue weighted by molar-refractivity contribution is 9.10. The second kappa shape index (κ2) is 11.8. The van der Waals surface area contributed by atoms with Crippen LogP contribution in [0.25, 0.3) is 0 Å². The van der Waals surface area contributed by atoms with Crippen LogP contribution in [0, 0.1) is 11.7 Å². The van der Waals surface area contributed by atoms with E-state index in [4.69, 9.17) is 9.47 Å². The van der Waals surface area contributed by atoms with E-state index in [1.54, 1.807) is 35.2 Å². The van der Waals surface area contributed by atoms with Crippen molar-refractivity contribution < 1.29 is 23.5 Å². The molecule has 9 heteroatoms. The summed E-state index contributed by atoms with van der Waals surface area (Å²) in [5, 5.41) is 4.06. The van der Waals surface area contributed by atoms with Crippen molar-refractivity contribution in [1.82, 2.24) is 5.43 Å².